The van der Waals surface area contributed by atoms with Crippen LogP contribution in [0.1, 0.15) is 5.56 Å². The number of hydrogen-bond acceptors (Lipinski definition) is 1. The van der Waals surface area contributed by atoms with E-state index >= 15 is 0 Å². The van der Waals surface area contributed by atoms with Gasteiger partial charge >= 0.3 is 0 Å². The highest BCUT2D eigenvalue weighted by Crippen LogP contribution is 2.15. The summed E-state index contributed by atoms with van der Waals surface area (Å²) in [5.41, 5.74) is 0.812. The summed E-state index contributed by atoms with van der Waals surface area (Å²) in [6.45, 7) is 1.90. The van der Waals surface area contributed by atoms with Crippen LogP contribution in [0.2, 0.25) is 0 Å². The van der Waals surface area contributed by atoms with Crippen molar-refractivity contribution in [2.45, 2.75) is 6.92 Å². The molecule has 0 amide bonds. The first-order chi connectivity index (χ1) is 6.59. The summed E-state index contributed by atoms with van der Waals surface area (Å²) in [6.07, 6.45) is 1.75. The lowest BCUT2D eigenvalue weighted by Gasteiger charge is -2.04. The summed E-state index contributed by atoms with van der Waals surface area (Å²) < 4.78 is 14.4. The van der Waals surface area contributed by atoms with E-state index in [1.807, 2.05) is 6.92 Å². The van der Waals surface area contributed by atoms with Crippen molar-refractivity contribution in [3.63, 3.8) is 0 Å². The van der Waals surface area contributed by atoms with Crippen LogP contribution in [0.15, 0.2) is 29.2 Å². The van der Waals surface area contributed by atoms with Crippen LogP contribution in [0.5, 0.6) is 0 Å². The van der Waals surface area contributed by atoms with Crippen LogP contribution in [0.4, 0.5) is 4.39 Å². The minimum absolute atomic E-state index is 0.162. The third-order valence-corrected chi connectivity index (χ3v) is 2.34. The Kier molecular flexibility index (Phi) is 1.88. The molecule has 72 valence electrons. The van der Waals surface area contributed by atoms with Crippen LogP contribution >= 0.6 is 0 Å². The van der Waals surface area contributed by atoms with Gasteiger partial charge in [-0.1, -0.05) is 6.07 Å². The van der Waals surface area contributed by atoms with Gasteiger partial charge in [0.15, 0.2) is 0 Å². The molecule has 0 aliphatic carbocycles. The molecule has 14 heavy (non-hydrogen) atoms. The van der Waals surface area contributed by atoms with Gasteiger partial charge in [-0.15, -0.1) is 0 Å². The maximum atomic E-state index is 12.9. The smallest absolute Gasteiger partial charge is 0.258 e. The van der Waals surface area contributed by atoms with E-state index in [0.717, 1.165) is 10.9 Å². The first-order valence-electron chi connectivity index (χ1n) is 4.35. The topological polar surface area (TPSA) is 22.0 Å². The van der Waals surface area contributed by atoms with E-state index in [4.69, 9.17) is 0 Å². The van der Waals surface area contributed by atoms with E-state index in [2.05, 4.69) is 0 Å². The summed E-state index contributed by atoms with van der Waals surface area (Å²) in [4.78, 5) is 11.6. The van der Waals surface area contributed by atoms with E-state index in [1.165, 1.54) is 16.7 Å². The largest absolute Gasteiger partial charge is 0.318 e. The van der Waals surface area contributed by atoms with E-state index in [9.17, 15) is 9.18 Å². The van der Waals surface area contributed by atoms with Gasteiger partial charge in [0, 0.05) is 13.2 Å². The second-order valence-corrected chi connectivity index (χ2v) is 3.42. The van der Waals surface area contributed by atoms with Gasteiger partial charge in [0.25, 0.3) is 5.56 Å². The zero-order valence-electron chi connectivity index (χ0n) is 8.04. The van der Waals surface area contributed by atoms with Gasteiger partial charge in [0.1, 0.15) is 5.82 Å². The Morgan fingerprint density at radius 1 is 1.29 bits per heavy atom. The zero-order valence-corrected chi connectivity index (χ0v) is 8.04. The van der Waals surface area contributed by atoms with Crippen LogP contribution in [0.3, 0.4) is 0 Å². The Labute approximate surface area is 80.6 Å². The number of benzene rings is 1. The second-order valence-electron chi connectivity index (χ2n) is 3.42. The average Bonchev–Trinajstić information content (AvgIpc) is 2.14. The number of fused-ring (bicyclic) bond motifs is 1. The molecule has 1 aromatic heterocycles. The van der Waals surface area contributed by atoms with E-state index in [0.29, 0.717) is 5.39 Å². The standard InChI is InChI=1S/C11H10FNO/c1-7-6-13(2)11(14)10-5-8(12)3-4-9(7)10/h3-6H,1-2H3. The maximum Gasteiger partial charge on any atom is 0.258 e. The highest BCUT2D eigenvalue weighted by atomic mass is 19.1. The van der Waals surface area contributed by atoms with Gasteiger partial charge < -0.3 is 4.57 Å². The first-order valence-corrected chi connectivity index (χ1v) is 4.35. The second kappa shape index (κ2) is 2.94. The molecule has 2 nitrogen and oxygen atoms in total. The Bertz CT molecular complexity index is 557. The lowest BCUT2D eigenvalue weighted by Crippen LogP contribution is -2.16. The van der Waals surface area contributed by atoms with Crippen LogP contribution < -0.4 is 5.56 Å². The Balaban J connectivity index is 3.03. The number of rotatable bonds is 0. The highest BCUT2D eigenvalue weighted by molar-refractivity contribution is 5.84. The van der Waals surface area contributed by atoms with Crippen LogP contribution in [-0.2, 0) is 7.05 Å². The highest BCUT2D eigenvalue weighted by Gasteiger charge is 2.04. The quantitative estimate of drug-likeness (QED) is 0.624. The predicted molar refractivity (Wildman–Crippen MR) is 53.9 cm³/mol. The normalized spacial score (nSPS) is 10.8. The molecule has 0 spiro atoms. The molecule has 0 atom stereocenters. The van der Waals surface area contributed by atoms with Crippen LogP contribution in [0.25, 0.3) is 10.8 Å². The number of aryl methyl sites for hydroxylation is 2. The van der Waals surface area contributed by atoms with E-state index in [1.54, 1.807) is 19.3 Å². The number of nitrogens with zero attached hydrogens (tertiary/aromatic N) is 1. The summed E-state index contributed by atoms with van der Waals surface area (Å²) in [7, 11) is 1.67. The van der Waals surface area contributed by atoms with Gasteiger partial charge in [-0.2, -0.15) is 0 Å². The van der Waals surface area contributed by atoms with E-state index < -0.39 is 0 Å². The molecule has 0 fully saturated rings. The summed E-state index contributed by atoms with van der Waals surface area (Å²) in [6, 6.07) is 4.29. The number of aromatic nitrogens is 1. The molecule has 0 bridgehead atoms. The van der Waals surface area contributed by atoms with Crippen molar-refractivity contribution in [2.24, 2.45) is 7.05 Å². The van der Waals surface area contributed by atoms with E-state index in [-0.39, 0.29) is 11.4 Å². The molecule has 2 aromatic rings. The van der Waals surface area contributed by atoms with Crippen molar-refractivity contribution in [1.82, 2.24) is 4.57 Å². The molecule has 0 unspecified atom stereocenters. The van der Waals surface area contributed by atoms with Crippen molar-refractivity contribution in [1.29, 1.82) is 0 Å². The minimum atomic E-state index is -0.375. The first kappa shape index (κ1) is 8.94. The molecule has 0 aliphatic rings. The number of hydrogen-bond donors (Lipinski definition) is 0. The lowest BCUT2D eigenvalue weighted by molar-refractivity contribution is 0.629. The fraction of sp³-hybridized carbons (Fsp3) is 0.182. The average molecular weight is 191 g/mol. The Morgan fingerprint density at radius 3 is 2.71 bits per heavy atom. The molecule has 0 saturated carbocycles. The third kappa shape index (κ3) is 1.21. The van der Waals surface area contributed by atoms with Crippen molar-refractivity contribution in [2.75, 3.05) is 0 Å². The molecule has 1 aromatic carbocycles. The van der Waals surface area contributed by atoms with Crippen LogP contribution in [0, 0.1) is 12.7 Å². The predicted octanol–water partition coefficient (Wildman–Crippen LogP) is 1.99. The van der Waals surface area contributed by atoms with Gasteiger partial charge in [0.2, 0.25) is 0 Å². The summed E-state index contributed by atoms with van der Waals surface area (Å²) >= 11 is 0. The molecule has 2 rings (SSSR count). The van der Waals surface area contributed by atoms with Crippen LogP contribution in [-0.4, -0.2) is 4.57 Å². The third-order valence-electron chi connectivity index (χ3n) is 2.34. The maximum absolute atomic E-state index is 12.9. The molecule has 0 radical (unpaired) electrons. The monoisotopic (exact) mass is 191 g/mol. The zero-order chi connectivity index (χ0) is 10.3. The van der Waals surface area contributed by atoms with Crippen molar-refractivity contribution in [3.05, 3.63) is 46.1 Å². The Hall–Kier alpha value is -1.64. The van der Waals surface area contributed by atoms with Gasteiger partial charge in [-0.3, -0.25) is 4.79 Å². The number of halogens is 1. The minimum Gasteiger partial charge on any atom is -0.318 e. The number of pyridine rings is 1. The van der Waals surface area contributed by atoms with Gasteiger partial charge in [-0.05, 0) is 30.0 Å². The molecule has 1 heterocycles. The molecule has 0 N–H and O–H groups in total. The molecule has 0 saturated heterocycles. The molecular weight excluding hydrogens is 181 g/mol. The summed E-state index contributed by atoms with van der Waals surface area (Å²) in [5.74, 6) is -0.375. The van der Waals surface area contributed by atoms with Gasteiger partial charge in [0.05, 0.1) is 5.39 Å². The fourth-order valence-corrected chi connectivity index (χ4v) is 1.65. The van der Waals surface area contributed by atoms with Gasteiger partial charge in [-0.25, -0.2) is 4.39 Å². The fourth-order valence-electron chi connectivity index (χ4n) is 1.65. The molecule has 0 aliphatic heterocycles. The SMILES string of the molecule is Cc1cn(C)c(=O)c2cc(F)ccc12. The molecular formula is C11H10FNO. The summed E-state index contributed by atoms with van der Waals surface area (Å²) in [5, 5.41) is 1.25. The van der Waals surface area contributed by atoms with Crippen molar-refractivity contribution < 1.29 is 4.39 Å². The molecule has 3 heteroatoms. The Morgan fingerprint density at radius 2 is 2.00 bits per heavy atom. The van der Waals surface area contributed by atoms with Crippen molar-refractivity contribution in [3.8, 4) is 0 Å². The van der Waals surface area contributed by atoms with Crippen molar-refractivity contribution >= 4 is 10.8 Å². The lowest BCUT2D eigenvalue weighted by atomic mass is 10.1.